The van der Waals surface area contributed by atoms with Gasteiger partial charge in [0.2, 0.25) is 0 Å². The van der Waals surface area contributed by atoms with Crippen LogP contribution < -0.4 is 5.32 Å². The minimum absolute atomic E-state index is 0.00489. The van der Waals surface area contributed by atoms with E-state index in [1.165, 1.54) is 11.3 Å². The minimum atomic E-state index is -0.135. The zero-order valence-electron chi connectivity index (χ0n) is 9.12. The van der Waals surface area contributed by atoms with Crippen molar-refractivity contribution in [3.63, 3.8) is 0 Å². The molecule has 0 saturated heterocycles. The molecule has 0 aliphatic carbocycles. The van der Waals surface area contributed by atoms with Gasteiger partial charge in [-0.1, -0.05) is 13.8 Å². The number of carbonyl (C=O) groups is 1. The van der Waals surface area contributed by atoms with Crippen molar-refractivity contribution >= 4 is 17.2 Å². The van der Waals surface area contributed by atoms with Gasteiger partial charge in [0.1, 0.15) is 0 Å². The molecular weight excluding hydrogens is 210 g/mol. The Morgan fingerprint density at radius 2 is 2.33 bits per heavy atom. The molecular formula is C11H17NO2S. The van der Waals surface area contributed by atoms with Crippen LogP contribution >= 0.6 is 11.3 Å². The van der Waals surface area contributed by atoms with E-state index < -0.39 is 0 Å². The number of aryl methyl sites for hydroxylation is 1. The van der Waals surface area contributed by atoms with Crippen molar-refractivity contribution in [2.75, 3.05) is 6.61 Å². The second-order valence-electron chi connectivity index (χ2n) is 3.39. The van der Waals surface area contributed by atoms with Crippen LogP contribution in [0.1, 0.15) is 35.5 Å². The quantitative estimate of drug-likeness (QED) is 0.806. The average molecular weight is 227 g/mol. The Labute approximate surface area is 94.1 Å². The number of amides is 1. The van der Waals surface area contributed by atoms with Crippen LogP contribution in [-0.2, 0) is 6.42 Å². The lowest BCUT2D eigenvalue weighted by atomic mass is 10.2. The van der Waals surface area contributed by atoms with Gasteiger partial charge in [-0.15, -0.1) is 11.3 Å². The lowest BCUT2D eigenvalue weighted by molar-refractivity contribution is 0.0918. The zero-order chi connectivity index (χ0) is 11.3. The molecule has 1 heterocycles. The van der Waals surface area contributed by atoms with Gasteiger partial charge >= 0.3 is 0 Å². The highest BCUT2D eigenvalue weighted by Gasteiger charge is 2.15. The Kier molecular flexibility index (Phi) is 4.78. The summed E-state index contributed by atoms with van der Waals surface area (Å²) in [6.07, 6.45) is 1.61. The summed E-state index contributed by atoms with van der Waals surface area (Å²) < 4.78 is 0. The van der Waals surface area contributed by atoms with Gasteiger partial charge in [-0.3, -0.25) is 4.79 Å². The van der Waals surface area contributed by atoms with Crippen molar-refractivity contribution < 1.29 is 9.90 Å². The van der Waals surface area contributed by atoms with E-state index in [4.69, 9.17) is 5.11 Å². The van der Waals surface area contributed by atoms with Crippen LogP contribution in [0.2, 0.25) is 0 Å². The van der Waals surface area contributed by atoms with E-state index in [-0.39, 0.29) is 18.6 Å². The fraction of sp³-hybridized carbons (Fsp3) is 0.545. The molecule has 1 aromatic rings. The van der Waals surface area contributed by atoms with Crippen molar-refractivity contribution in [2.24, 2.45) is 0 Å². The predicted molar refractivity (Wildman–Crippen MR) is 62.3 cm³/mol. The highest BCUT2D eigenvalue weighted by Crippen LogP contribution is 2.17. The van der Waals surface area contributed by atoms with Crippen LogP contribution in [-0.4, -0.2) is 23.7 Å². The summed E-state index contributed by atoms with van der Waals surface area (Å²) in [5.41, 5.74) is 1.07. The molecule has 0 radical (unpaired) electrons. The smallest absolute Gasteiger partial charge is 0.261 e. The van der Waals surface area contributed by atoms with Gasteiger partial charge in [0.15, 0.2) is 0 Å². The number of hydrogen-bond donors (Lipinski definition) is 2. The van der Waals surface area contributed by atoms with Gasteiger partial charge in [0.05, 0.1) is 17.5 Å². The average Bonchev–Trinajstić information content (AvgIpc) is 2.73. The molecule has 1 aromatic heterocycles. The fourth-order valence-electron chi connectivity index (χ4n) is 1.34. The maximum atomic E-state index is 11.8. The Balaban J connectivity index is 2.68. The topological polar surface area (TPSA) is 49.3 Å². The first kappa shape index (κ1) is 12.2. The van der Waals surface area contributed by atoms with E-state index in [1.807, 2.05) is 25.3 Å². The van der Waals surface area contributed by atoms with Crippen LogP contribution in [0.3, 0.4) is 0 Å². The van der Waals surface area contributed by atoms with Crippen LogP contribution in [0.4, 0.5) is 0 Å². The van der Waals surface area contributed by atoms with Gasteiger partial charge in [0.25, 0.3) is 5.91 Å². The summed E-state index contributed by atoms with van der Waals surface area (Å²) in [5, 5.41) is 13.7. The third-order valence-electron chi connectivity index (χ3n) is 2.38. The molecule has 0 fully saturated rings. The molecule has 1 rings (SSSR count). The Bertz CT molecular complexity index is 318. The molecule has 0 bridgehead atoms. The van der Waals surface area contributed by atoms with Crippen LogP contribution in [0, 0.1) is 0 Å². The van der Waals surface area contributed by atoms with Crippen molar-refractivity contribution in [1.82, 2.24) is 5.32 Å². The van der Waals surface area contributed by atoms with Gasteiger partial charge < -0.3 is 10.4 Å². The van der Waals surface area contributed by atoms with E-state index in [0.717, 1.165) is 23.3 Å². The minimum Gasteiger partial charge on any atom is -0.394 e. The number of carbonyl (C=O) groups excluding carboxylic acids is 1. The van der Waals surface area contributed by atoms with E-state index in [2.05, 4.69) is 5.32 Å². The third-order valence-corrected chi connectivity index (χ3v) is 3.34. The lowest BCUT2D eigenvalue weighted by Gasteiger charge is -2.13. The van der Waals surface area contributed by atoms with Crippen LogP contribution in [0.15, 0.2) is 11.4 Å². The monoisotopic (exact) mass is 227 g/mol. The van der Waals surface area contributed by atoms with E-state index in [1.54, 1.807) is 0 Å². The van der Waals surface area contributed by atoms with Gasteiger partial charge in [-0.05, 0) is 29.9 Å². The first-order valence-electron chi connectivity index (χ1n) is 5.21. The second kappa shape index (κ2) is 5.88. The molecule has 0 saturated carbocycles. The van der Waals surface area contributed by atoms with Crippen LogP contribution in [0.25, 0.3) is 0 Å². The molecule has 15 heavy (non-hydrogen) atoms. The van der Waals surface area contributed by atoms with E-state index in [0.29, 0.717) is 0 Å². The van der Waals surface area contributed by atoms with Crippen molar-refractivity contribution in [3.05, 3.63) is 21.9 Å². The van der Waals surface area contributed by atoms with Crippen molar-refractivity contribution in [1.29, 1.82) is 0 Å². The molecule has 0 aromatic carbocycles. The van der Waals surface area contributed by atoms with E-state index in [9.17, 15) is 4.79 Å². The molecule has 0 unspecified atom stereocenters. The summed E-state index contributed by atoms with van der Waals surface area (Å²) in [4.78, 5) is 12.6. The summed E-state index contributed by atoms with van der Waals surface area (Å²) in [5.74, 6) is -0.0669. The summed E-state index contributed by atoms with van der Waals surface area (Å²) in [6.45, 7) is 3.97. The third kappa shape index (κ3) is 3.04. The summed E-state index contributed by atoms with van der Waals surface area (Å²) in [7, 11) is 0. The molecule has 2 N–H and O–H groups in total. The largest absolute Gasteiger partial charge is 0.394 e. The second-order valence-corrected chi connectivity index (χ2v) is 4.31. The highest BCUT2D eigenvalue weighted by molar-refractivity contribution is 7.12. The van der Waals surface area contributed by atoms with Crippen molar-refractivity contribution in [3.8, 4) is 0 Å². The van der Waals surface area contributed by atoms with Gasteiger partial charge in [-0.2, -0.15) is 0 Å². The summed E-state index contributed by atoms with van der Waals surface area (Å²) in [6, 6.07) is 1.84. The number of rotatable bonds is 5. The highest BCUT2D eigenvalue weighted by atomic mass is 32.1. The van der Waals surface area contributed by atoms with Gasteiger partial charge in [0, 0.05) is 0 Å². The number of hydrogen-bond acceptors (Lipinski definition) is 3. The predicted octanol–water partition coefficient (Wildman–Crippen LogP) is 1.81. The maximum absolute atomic E-state index is 11.8. The standard InChI is InChI=1S/C11H17NO2S/c1-3-8-5-6-15-10(8)11(14)12-9(4-2)7-13/h5-6,9,13H,3-4,7H2,1-2H3,(H,12,14)/t9-/m1/s1. The molecule has 3 nitrogen and oxygen atoms in total. The zero-order valence-corrected chi connectivity index (χ0v) is 9.93. The molecule has 0 aliphatic heterocycles. The fourth-order valence-corrected chi connectivity index (χ4v) is 2.24. The molecule has 84 valence electrons. The number of thiophene rings is 1. The Morgan fingerprint density at radius 1 is 1.60 bits per heavy atom. The number of aliphatic hydroxyl groups excluding tert-OH is 1. The molecule has 0 spiro atoms. The number of nitrogens with one attached hydrogen (secondary N) is 1. The molecule has 1 amide bonds. The molecule has 0 aliphatic rings. The SMILES string of the molecule is CCc1ccsc1C(=O)N[C@H](CC)CO. The first-order valence-corrected chi connectivity index (χ1v) is 6.08. The molecule has 1 atom stereocenters. The lowest BCUT2D eigenvalue weighted by Crippen LogP contribution is -2.36. The first-order chi connectivity index (χ1) is 7.22. The van der Waals surface area contributed by atoms with Gasteiger partial charge in [-0.25, -0.2) is 0 Å². The Morgan fingerprint density at radius 3 is 2.87 bits per heavy atom. The Hall–Kier alpha value is -0.870. The maximum Gasteiger partial charge on any atom is 0.261 e. The van der Waals surface area contributed by atoms with Crippen LogP contribution in [0.5, 0.6) is 0 Å². The normalized spacial score (nSPS) is 12.5. The summed E-state index contributed by atoms with van der Waals surface area (Å²) >= 11 is 1.45. The van der Waals surface area contributed by atoms with E-state index >= 15 is 0 Å². The van der Waals surface area contributed by atoms with Crippen molar-refractivity contribution in [2.45, 2.75) is 32.7 Å². The number of aliphatic hydroxyl groups is 1. The molecule has 4 heteroatoms.